The molecule has 1 aromatic rings. The van der Waals surface area contributed by atoms with Gasteiger partial charge >= 0.3 is 0 Å². The van der Waals surface area contributed by atoms with Crippen LogP contribution in [0.25, 0.3) is 0 Å². The summed E-state index contributed by atoms with van der Waals surface area (Å²) < 4.78 is 0. The van der Waals surface area contributed by atoms with Gasteiger partial charge in [0.25, 0.3) is 5.91 Å². The zero-order valence-corrected chi connectivity index (χ0v) is 12.8. The van der Waals surface area contributed by atoms with Crippen molar-refractivity contribution in [3.63, 3.8) is 0 Å². The van der Waals surface area contributed by atoms with E-state index < -0.39 is 0 Å². The SMILES string of the molecule is CC1CC(C)CN(C(=O)CCNC(=O)c2ccccc2)C1. The van der Waals surface area contributed by atoms with Crippen LogP contribution in [0.5, 0.6) is 0 Å². The minimum absolute atomic E-state index is 0.121. The molecule has 0 aromatic heterocycles. The normalized spacial score (nSPS) is 21.9. The number of piperidine rings is 1. The van der Waals surface area contributed by atoms with E-state index in [1.54, 1.807) is 12.1 Å². The molecular formula is C17H24N2O2. The summed E-state index contributed by atoms with van der Waals surface area (Å²) in [6.45, 7) is 6.46. The summed E-state index contributed by atoms with van der Waals surface area (Å²) in [6.07, 6.45) is 1.56. The van der Waals surface area contributed by atoms with Crippen molar-refractivity contribution in [2.45, 2.75) is 26.7 Å². The number of amides is 2. The molecule has 0 aliphatic carbocycles. The highest BCUT2D eigenvalue weighted by atomic mass is 16.2. The first-order valence-corrected chi connectivity index (χ1v) is 7.67. The van der Waals surface area contributed by atoms with E-state index in [4.69, 9.17) is 0 Å². The highest BCUT2D eigenvalue weighted by Gasteiger charge is 2.24. The molecule has 4 nitrogen and oxygen atoms in total. The molecule has 2 amide bonds. The van der Waals surface area contributed by atoms with Gasteiger partial charge in [-0.05, 0) is 30.4 Å². The summed E-state index contributed by atoms with van der Waals surface area (Å²) >= 11 is 0. The fraction of sp³-hybridized carbons (Fsp3) is 0.529. The highest BCUT2D eigenvalue weighted by Crippen LogP contribution is 2.21. The Kier molecular flexibility index (Phi) is 5.37. The molecule has 0 saturated carbocycles. The Bertz CT molecular complexity index is 477. The topological polar surface area (TPSA) is 49.4 Å². The number of carbonyl (C=O) groups excluding carboxylic acids is 2. The van der Waals surface area contributed by atoms with Gasteiger partial charge < -0.3 is 10.2 Å². The first-order valence-electron chi connectivity index (χ1n) is 7.67. The zero-order valence-electron chi connectivity index (χ0n) is 12.8. The second kappa shape index (κ2) is 7.25. The van der Waals surface area contributed by atoms with Gasteiger partial charge in [-0.15, -0.1) is 0 Å². The lowest BCUT2D eigenvalue weighted by Crippen LogP contribution is -2.43. The lowest BCUT2D eigenvalue weighted by atomic mass is 9.92. The van der Waals surface area contributed by atoms with Crippen molar-refractivity contribution in [2.75, 3.05) is 19.6 Å². The van der Waals surface area contributed by atoms with Gasteiger partial charge in [-0.3, -0.25) is 9.59 Å². The molecule has 0 bridgehead atoms. The van der Waals surface area contributed by atoms with Crippen LogP contribution in [0.4, 0.5) is 0 Å². The van der Waals surface area contributed by atoms with Crippen molar-refractivity contribution in [3.05, 3.63) is 35.9 Å². The molecule has 4 heteroatoms. The summed E-state index contributed by atoms with van der Waals surface area (Å²) in [5, 5.41) is 2.80. The van der Waals surface area contributed by atoms with Crippen molar-refractivity contribution in [1.29, 1.82) is 0 Å². The van der Waals surface area contributed by atoms with Crippen LogP contribution >= 0.6 is 0 Å². The van der Waals surface area contributed by atoms with E-state index in [0.717, 1.165) is 13.1 Å². The first-order chi connectivity index (χ1) is 10.1. The third-order valence-corrected chi connectivity index (χ3v) is 3.88. The van der Waals surface area contributed by atoms with E-state index >= 15 is 0 Å². The Morgan fingerprint density at radius 3 is 2.38 bits per heavy atom. The first kappa shape index (κ1) is 15.5. The molecule has 2 atom stereocenters. The predicted molar refractivity (Wildman–Crippen MR) is 82.9 cm³/mol. The number of carbonyl (C=O) groups is 2. The third kappa shape index (κ3) is 4.59. The second-order valence-corrected chi connectivity index (χ2v) is 6.12. The summed E-state index contributed by atoms with van der Waals surface area (Å²) in [4.78, 5) is 26.0. The summed E-state index contributed by atoms with van der Waals surface area (Å²) in [5.41, 5.74) is 0.630. The molecule has 1 fully saturated rings. The summed E-state index contributed by atoms with van der Waals surface area (Å²) in [6, 6.07) is 9.07. The molecule has 1 aliphatic heterocycles. The Morgan fingerprint density at radius 2 is 1.76 bits per heavy atom. The van der Waals surface area contributed by atoms with Crippen LogP contribution in [0.3, 0.4) is 0 Å². The number of hydrogen-bond acceptors (Lipinski definition) is 2. The second-order valence-electron chi connectivity index (χ2n) is 6.12. The van der Waals surface area contributed by atoms with Gasteiger partial charge in [-0.2, -0.15) is 0 Å². The van der Waals surface area contributed by atoms with Gasteiger partial charge in [0.1, 0.15) is 0 Å². The van der Waals surface area contributed by atoms with Gasteiger partial charge in [-0.1, -0.05) is 32.0 Å². The largest absolute Gasteiger partial charge is 0.352 e. The molecule has 21 heavy (non-hydrogen) atoms. The average Bonchev–Trinajstić information content (AvgIpc) is 2.47. The molecule has 0 radical (unpaired) electrons. The fourth-order valence-corrected chi connectivity index (χ4v) is 3.00. The smallest absolute Gasteiger partial charge is 0.251 e. The van der Waals surface area contributed by atoms with Gasteiger partial charge in [0.15, 0.2) is 0 Å². The zero-order chi connectivity index (χ0) is 15.2. The maximum Gasteiger partial charge on any atom is 0.251 e. The van der Waals surface area contributed by atoms with E-state index in [2.05, 4.69) is 19.2 Å². The van der Waals surface area contributed by atoms with Crippen molar-refractivity contribution in [2.24, 2.45) is 11.8 Å². The number of nitrogens with one attached hydrogen (secondary N) is 1. The highest BCUT2D eigenvalue weighted by molar-refractivity contribution is 5.94. The molecule has 0 spiro atoms. The standard InChI is InChI=1S/C17H24N2O2/c1-13-10-14(2)12-19(11-13)16(20)8-9-18-17(21)15-6-4-3-5-7-15/h3-7,13-14H,8-12H2,1-2H3,(H,18,21). The van der Waals surface area contributed by atoms with Gasteiger partial charge in [-0.25, -0.2) is 0 Å². The predicted octanol–water partition coefficient (Wildman–Crippen LogP) is 2.31. The molecule has 1 heterocycles. The number of nitrogens with zero attached hydrogens (tertiary/aromatic N) is 1. The van der Waals surface area contributed by atoms with Crippen LogP contribution < -0.4 is 5.32 Å². The van der Waals surface area contributed by atoms with Crippen LogP contribution in [-0.2, 0) is 4.79 Å². The van der Waals surface area contributed by atoms with E-state index in [1.807, 2.05) is 23.1 Å². The Labute approximate surface area is 126 Å². The lowest BCUT2D eigenvalue weighted by Gasteiger charge is -2.35. The number of likely N-dealkylation sites (tertiary alicyclic amines) is 1. The van der Waals surface area contributed by atoms with Crippen molar-refractivity contribution in [3.8, 4) is 0 Å². The Hall–Kier alpha value is -1.84. The van der Waals surface area contributed by atoms with E-state index in [1.165, 1.54) is 6.42 Å². The molecule has 1 saturated heterocycles. The number of benzene rings is 1. The summed E-state index contributed by atoms with van der Waals surface area (Å²) in [7, 11) is 0. The Morgan fingerprint density at radius 1 is 1.14 bits per heavy atom. The van der Waals surface area contributed by atoms with Crippen molar-refractivity contribution >= 4 is 11.8 Å². The van der Waals surface area contributed by atoms with Gasteiger partial charge in [0, 0.05) is 31.6 Å². The number of rotatable bonds is 4. The average molecular weight is 288 g/mol. The molecular weight excluding hydrogens is 264 g/mol. The Balaban J connectivity index is 1.75. The molecule has 1 aromatic carbocycles. The quantitative estimate of drug-likeness (QED) is 0.924. The van der Waals surface area contributed by atoms with Gasteiger partial charge in [0.2, 0.25) is 5.91 Å². The van der Waals surface area contributed by atoms with Crippen molar-refractivity contribution in [1.82, 2.24) is 10.2 Å². The minimum Gasteiger partial charge on any atom is -0.352 e. The van der Waals surface area contributed by atoms with Crippen LogP contribution in [0.1, 0.15) is 37.0 Å². The van der Waals surface area contributed by atoms with Crippen LogP contribution in [-0.4, -0.2) is 36.3 Å². The van der Waals surface area contributed by atoms with E-state index in [9.17, 15) is 9.59 Å². The molecule has 2 unspecified atom stereocenters. The lowest BCUT2D eigenvalue weighted by molar-refractivity contribution is -0.133. The van der Waals surface area contributed by atoms with Crippen LogP contribution in [0.2, 0.25) is 0 Å². The monoisotopic (exact) mass is 288 g/mol. The van der Waals surface area contributed by atoms with E-state index in [0.29, 0.717) is 30.4 Å². The molecule has 2 rings (SSSR count). The van der Waals surface area contributed by atoms with Crippen molar-refractivity contribution < 1.29 is 9.59 Å². The number of hydrogen-bond donors (Lipinski definition) is 1. The fourth-order valence-electron chi connectivity index (χ4n) is 3.00. The molecule has 1 N–H and O–H groups in total. The summed E-state index contributed by atoms with van der Waals surface area (Å²) in [5.74, 6) is 1.15. The van der Waals surface area contributed by atoms with E-state index in [-0.39, 0.29) is 11.8 Å². The van der Waals surface area contributed by atoms with Gasteiger partial charge in [0.05, 0.1) is 0 Å². The molecule has 114 valence electrons. The molecule has 1 aliphatic rings. The van der Waals surface area contributed by atoms with Crippen LogP contribution in [0.15, 0.2) is 30.3 Å². The maximum atomic E-state index is 12.2. The van der Waals surface area contributed by atoms with Crippen LogP contribution in [0, 0.1) is 11.8 Å². The third-order valence-electron chi connectivity index (χ3n) is 3.88. The minimum atomic E-state index is -0.121. The maximum absolute atomic E-state index is 12.2.